The van der Waals surface area contributed by atoms with E-state index < -0.39 is 0 Å². The largest absolute Gasteiger partial charge is 0.456 e. The summed E-state index contributed by atoms with van der Waals surface area (Å²) in [5.74, 6) is 0. The van der Waals surface area contributed by atoms with Crippen molar-refractivity contribution < 1.29 is 4.42 Å². The van der Waals surface area contributed by atoms with Gasteiger partial charge in [-0.25, -0.2) is 0 Å². The van der Waals surface area contributed by atoms with Crippen molar-refractivity contribution in [2.75, 3.05) is 19.2 Å². The molecule has 0 bridgehead atoms. The second-order valence-electron chi connectivity index (χ2n) is 35.1. The van der Waals surface area contributed by atoms with E-state index in [1.54, 1.807) is 0 Å². The molecule has 0 saturated carbocycles. The molecule has 132 heavy (non-hydrogen) atoms. The Hall–Kier alpha value is -16.1. The molecule has 20 aromatic carbocycles. The van der Waals surface area contributed by atoms with Crippen LogP contribution in [-0.4, -0.2) is 27.4 Å². The second kappa shape index (κ2) is 33.2. The average Bonchev–Trinajstić information content (AvgIpc) is 1.09. The minimum absolute atomic E-state index is 0.0686. The van der Waals surface area contributed by atoms with Crippen molar-refractivity contribution in [3.05, 3.63) is 508 Å². The van der Waals surface area contributed by atoms with E-state index in [1.807, 2.05) is 23.5 Å². The first kappa shape index (κ1) is 78.2. The van der Waals surface area contributed by atoms with Crippen molar-refractivity contribution in [3.8, 4) is 66.8 Å². The molecule has 5 nitrogen and oxygen atoms in total. The number of furan rings is 1. The van der Waals surface area contributed by atoms with Gasteiger partial charge in [0.2, 0.25) is 0 Å². The smallest absolute Gasteiger partial charge is 0.328 e. The zero-order valence-electron chi connectivity index (χ0n) is 72.5. The number of benzene rings is 20. The van der Waals surface area contributed by atoms with Crippen LogP contribution in [0.2, 0.25) is 0 Å². The average molecular weight is 1700 g/mol. The monoisotopic (exact) mass is 1700 g/mol. The molecule has 10 heteroatoms. The molecular weight excluding hydrogens is 1610 g/mol. The minimum Gasteiger partial charge on any atom is -0.456 e. The van der Waals surface area contributed by atoms with Crippen LogP contribution < -0.4 is 62.9 Å². The molecule has 0 fully saturated rings. The Morgan fingerprint density at radius 3 is 0.856 bits per heavy atom. The summed E-state index contributed by atoms with van der Waals surface area (Å²) in [5.41, 5.74) is 43.7. The van der Waals surface area contributed by atoms with E-state index >= 15 is 0 Å². The standard InChI is InChI=1S/2C31H22BN.C30H20BNO.C30H20BNS/c2*1-2-11-24(12-3-1)32-30-16-8-6-14-27(30)28-15-7-9-17-31(28)33(32)25-19-18-23-20-22-10-4-5-13-26(22)29(23)21-25;2*1-2-10-21(11-3-1)31-27-15-7-4-12-23(27)24-13-5-8-16-28(24)32(31)22-18-19-26-25-14-6-9-17-29(25)33-30(26)20-22/h2*1-19,21H,20H2;2*1-20H. The predicted molar refractivity (Wildman–Crippen MR) is 564 cm³/mol. The van der Waals surface area contributed by atoms with Crippen molar-refractivity contribution in [2.24, 2.45) is 0 Å². The topological polar surface area (TPSA) is 26.1 Å². The van der Waals surface area contributed by atoms with Crippen molar-refractivity contribution in [3.63, 3.8) is 0 Å². The molecule has 0 spiro atoms. The highest BCUT2D eigenvalue weighted by molar-refractivity contribution is 7.25. The maximum absolute atomic E-state index is 6.26. The van der Waals surface area contributed by atoms with Crippen LogP contribution in [0.1, 0.15) is 22.3 Å². The lowest BCUT2D eigenvalue weighted by molar-refractivity contribution is 0.669. The summed E-state index contributed by atoms with van der Waals surface area (Å²) in [6.07, 6.45) is 2.04. The molecule has 2 aromatic heterocycles. The van der Waals surface area contributed by atoms with E-state index in [1.165, 1.54) is 193 Å². The molecule has 0 saturated heterocycles. The highest BCUT2D eigenvalue weighted by Gasteiger charge is 2.42. The van der Waals surface area contributed by atoms with E-state index in [0.29, 0.717) is 0 Å². The van der Waals surface area contributed by atoms with Gasteiger partial charge < -0.3 is 23.7 Å². The van der Waals surface area contributed by atoms with Gasteiger partial charge in [0.1, 0.15) is 11.2 Å². The molecule has 28 rings (SSSR count). The van der Waals surface area contributed by atoms with Gasteiger partial charge in [0.15, 0.2) is 0 Å². The van der Waals surface area contributed by atoms with Crippen LogP contribution in [0.5, 0.6) is 0 Å². The lowest BCUT2D eigenvalue weighted by Gasteiger charge is -2.39. The SMILES string of the molecule is c1ccc(B2c3ccccc3-c3ccccc3N2c2ccc3c(c2)-c2ccccc2C3)cc1.c1ccc(B2c3ccccc3-c3ccccc3N2c2ccc3c(c2)-c2ccccc2C3)cc1.c1ccc(B2c3ccccc3-c3ccccc3N2c2ccc3c(c2)oc2ccccc23)cc1.c1ccc(B2c3ccccc3-c3ccccc3N2c2ccc3c(c2)sc2ccccc23)cc1. The maximum atomic E-state index is 6.26. The minimum atomic E-state index is 0.0686. The number of fused-ring (bicyclic) bond motifs is 24. The zero-order valence-corrected chi connectivity index (χ0v) is 73.3. The first-order chi connectivity index (χ1) is 65.5. The Labute approximate surface area is 775 Å². The Balaban J connectivity index is 0.0000000945. The molecule has 616 valence electrons. The molecule has 6 aliphatic rings. The van der Waals surface area contributed by atoms with Gasteiger partial charge in [-0.1, -0.05) is 416 Å². The van der Waals surface area contributed by atoms with Gasteiger partial charge in [0.25, 0.3) is 0 Å². The van der Waals surface area contributed by atoms with Gasteiger partial charge in [-0.2, -0.15) is 0 Å². The van der Waals surface area contributed by atoms with Gasteiger partial charge >= 0.3 is 27.4 Å². The number of hydrogen-bond acceptors (Lipinski definition) is 6. The fourth-order valence-electron chi connectivity index (χ4n) is 21.9. The Morgan fingerprint density at radius 2 is 0.455 bits per heavy atom. The van der Waals surface area contributed by atoms with Gasteiger partial charge in [-0.15, -0.1) is 11.3 Å². The van der Waals surface area contributed by atoms with E-state index in [-0.39, 0.29) is 27.4 Å². The van der Waals surface area contributed by atoms with Crippen LogP contribution >= 0.6 is 11.3 Å². The molecule has 0 unspecified atom stereocenters. The van der Waals surface area contributed by atoms with Gasteiger partial charge in [0.05, 0.1) is 0 Å². The predicted octanol–water partition coefficient (Wildman–Crippen LogP) is 25.9. The molecule has 0 amide bonds. The van der Waals surface area contributed by atoms with Crippen molar-refractivity contribution >= 4 is 170 Å². The Kier molecular flexibility index (Phi) is 19.7. The van der Waals surface area contributed by atoms with Crippen LogP contribution in [-0.2, 0) is 12.8 Å². The molecule has 0 N–H and O–H groups in total. The van der Waals surface area contributed by atoms with Crippen molar-refractivity contribution in [2.45, 2.75) is 12.8 Å². The van der Waals surface area contributed by atoms with Crippen molar-refractivity contribution in [1.82, 2.24) is 0 Å². The van der Waals surface area contributed by atoms with Crippen LogP contribution in [0.15, 0.2) is 490 Å². The summed E-state index contributed by atoms with van der Waals surface area (Å²) in [7, 11) is 0. The van der Waals surface area contributed by atoms with E-state index in [4.69, 9.17) is 4.42 Å². The van der Waals surface area contributed by atoms with Crippen LogP contribution in [0.3, 0.4) is 0 Å². The third-order valence-electron chi connectivity index (χ3n) is 27.7. The summed E-state index contributed by atoms with van der Waals surface area (Å²) >= 11 is 1.88. The summed E-state index contributed by atoms with van der Waals surface area (Å²) in [6, 6.07) is 176. The maximum Gasteiger partial charge on any atom is 0.328 e. The number of rotatable bonds is 8. The second-order valence-corrected chi connectivity index (χ2v) is 36.1. The lowest BCUT2D eigenvalue weighted by atomic mass is 9.46. The molecule has 0 radical (unpaired) electrons. The van der Waals surface area contributed by atoms with Gasteiger partial charge in [0, 0.05) is 105 Å². The number of para-hydroxylation sites is 5. The molecule has 0 atom stereocenters. The quantitative estimate of drug-likeness (QED) is 0.141. The number of hydrogen-bond donors (Lipinski definition) is 0. The Morgan fingerprint density at radius 1 is 0.182 bits per heavy atom. The summed E-state index contributed by atoms with van der Waals surface area (Å²) in [4.78, 5) is 10.1. The molecule has 22 aromatic rings. The summed E-state index contributed by atoms with van der Waals surface area (Å²) in [6.45, 7) is 0.419. The summed E-state index contributed by atoms with van der Waals surface area (Å²) in [5, 5.41) is 4.98. The number of anilines is 8. The van der Waals surface area contributed by atoms with Gasteiger partial charge in [-0.3, -0.25) is 0 Å². The number of thiophene rings is 1. The van der Waals surface area contributed by atoms with Gasteiger partial charge in [-0.05, 0) is 186 Å². The molecule has 2 aliphatic carbocycles. The molecular formula is C122H84B4N4OS. The third-order valence-corrected chi connectivity index (χ3v) is 28.9. The highest BCUT2D eigenvalue weighted by atomic mass is 32.1. The first-order valence-corrected chi connectivity index (χ1v) is 46.7. The van der Waals surface area contributed by atoms with Crippen molar-refractivity contribution in [1.29, 1.82) is 0 Å². The van der Waals surface area contributed by atoms with Crippen LogP contribution in [0.25, 0.3) is 109 Å². The van der Waals surface area contributed by atoms with E-state index in [0.717, 1.165) is 40.5 Å². The van der Waals surface area contributed by atoms with Crippen LogP contribution in [0.4, 0.5) is 45.5 Å². The lowest BCUT2D eigenvalue weighted by Crippen LogP contribution is -2.57. The summed E-state index contributed by atoms with van der Waals surface area (Å²) < 4.78 is 8.93. The van der Waals surface area contributed by atoms with Crippen LogP contribution in [0, 0.1) is 0 Å². The normalized spacial score (nSPS) is 13.0. The highest BCUT2D eigenvalue weighted by Crippen LogP contribution is 2.49. The number of nitrogens with zero attached hydrogens (tertiary/aromatic N) is 4. The third kappa shape index (κ3) is 13.5. The zero-order chi connectivity index (χ0) is 87.1. The fraction of sp³-hybridized carbons (Fsp3) is 0.0164. The Bertz CT molecular complexity index is 7720. The molecule has 6 heterocycles. The molecule has 4 aliphatic heterocycles. The fourth-order valence-corrected chi connectivity index (χ4v) is 23.1. The first-order valence-electron chi connectivity index (χ1n) is 45.9. The van der Waals surface area contributed by atoms with E-state index in [9.17, 15) is 0 Å². The van der Waals surface area contributed by atoms with E-state index in [2.05, 4.69) is 492 Å².